The molecule has 0 amide bonds. The van der Waals surface area contributed by atoms with Gasteiger partial charge in [0.15, 0.2) is 0 Å². The first-order valence-electron chi connectivity index (χ1n) is 5.55. The van der Waals surface area contributed by atoms with Crippen molar-refractivity contribution in [3.05, 3.63) is 63.3 Å². The Balaban J connectivity index is 2.35. The van der Waals surface area contributed by atoms with Crippen molar-refractivity contribution in [3.8, 4) is 11.1 Å². The molecule has 2 aromatic carbocycles. The monoisotopic (exact) mass is 365 g/mol. The average Bonchev–Trinajstić information content (AvgIpc) is 2.43. The Morgan fingerprint density at radius 3 is 2.50 bits per heavy atom. The minimum atomic E-state index is 0.776. The number of hydrogen-bond donors (Lipinski definition) is 0. The molecule has 1 heterocycles. The van der Waals surface area contributed by atoms with Gasteiger partial charge in [-0.25, -0.2) is 0 Å². The number of aromatic nitrogens is 1. The summed E-state index contributed by atoms with van der Waals surface area (Å²) in [5.74, 6) is 0. The van der Waals surface area contributed by atoms with Gasteiger partial charge in [-0.15, -0.1) is 0 Å². The Bertz CT molecular complexity index is 710. The molecule has 0 atom stereocenters. The van der Waals surface area contributed by atoms with E-state index in [2.05, 4.69) is 45.8 Å². The van der Waals surface area contributed by atoms with Crippen molar-refractivity contribution in [2.24, 2.45) is 0 Å². The number of fused-ring (bicyclic) bond motifs is 1. The van der Waals surface area contributed by atoms with E-state index >= 15 is 0 Å². The Hall–Kier alpha value is -1.13. The van der Waals surface area contributed by atoms with E-state index in [9.17, 15) is 0 Å². The summed E-state index contributed by atoms with van der Waals surface area (Å²) < 4.78 is 0.979. The zero-order valence-corrected chi connectivity index (χ0v) is 12.3. The molecule has 0 aliphatic carbocycles. The SMILES string of the molecule is Clc1c(I)cnc2c(-c3ccccc3)cccc12. The largest absolute Gasteiger partial charge is 0.254 e. The Kier molecular flexibility index (Phi) is 3.22. The van der Waals surface area contributed by atoms with E-state index in [1.807, 2.05) is 36.5 Å². The summed E-state index contributed by atoms with van der Waals surface area (Å²) in [6, 6.07) is 16.4. The number of hydrogen-bond acceptors (Lipinski definition) is 1. The molecule has 0 saturated heterocycles. The zero-order chi connectivity index (χ0) is 12.5. The maximum Gasteiger partial charge on any atom is 0.0796 e. The summed E-state index contributed by atoms with van der Waals surface area (Å²) in [5.41, 5.74) is 3.23. The molecule has 3 rings (SSSR count). The average molecular weight is 366 g/mol. The quantitative estimate of drug-likeness (QED) is 0.543. The summed E-state index contributed by atoms with van der Waals surface area (Å²) in [4.78, 5) is 4.53. The van der Waals surface area contributed by atoms with E-state index in [-0.39, 0.29) is 0 Å². The van der Waals surface area contributed by atoms with Crippen LogP contribution in [0.25, 0.3) is 22.0 Å². The zero-order valence-electron chi connectivity index (χ0n) is 9.40. The maximum atomic E-state index is 6.34. The van der Waals surface area contributed by atoms with Gasteiger partial charge in [0.2, 0.25) is 0 Å². The van der Waals surface area contributed by atoms with Crippen LogP contribution in [0, 0.1) is 3.57 Å². The van der Waals surface area contributed by atoms with Crippen LogP contribution in [0.5, 0.6) is 0 Å². The van der Waals surface area contributed by atoms with Gasteiger partial charge in [0.05, 0.1) is 14.1 Å². The molecule has 0 bridgehead atoms. The third-order valence-electron chi connectivity index (χ3n) is 2.87. The van der Waals surface area contributed by atoms with Crippen LogP contribution in [0.15, 0.2) is 54.7 Å². The molecule has 0 fully saturated rings. The molecule has 1 aromatic heterocycles. The third-order valence-corrected chi connectivity index (χ3v) is 4.42. The molecule has 3 heteroatoms. The Labute approximate surface area is 124 Å². The molecule has 88 valence electrons. The molecule has 0 spiro atoms. The van der Waals surface area contributed by atoms with E-state index in [0.717, 1.165) is 30.6 Å². The lowest BCUT2D eigenvalue weighted by atomic mass is 10.0. The first-order valence-corrected chi connectivity index (χ1v) is 7.01. The second kappa shape index (κ2) is 4.86. The van der Waals surface area contributed by atoms with Crippen molar-refractivity contribution >= 4 is 45.1 Å². The fourth-order valence-electron chi connectivity index (χ4n) is 2.02. The van der Waals surface area contributed by atoms with Crippen LogP contribution in [-0.4, -0.2) is 4.98 Å². The number of para-hydroxylation sites is 1. The molecule has 0 radical (unpaired) electrons. The number of benzene rings is 2. The molecular weight excluding hydrogens is 357 g/mol. The second-order valence-corrected chi connectivity index (χ2v) is 5.53. The lowest BCUT2D eigenvalue weighted by Gasteiger charge is -2.08. The van der Waals surface area contributed by atoms with Crippen molar-refractivity contribution in [2.75, 3.05) is 0 Å². The van der Waals surface area contributed by atoms with Gasteiger partial charge in [0.1, 0.15) is 0 Å². The summed E-state index contributed by atoms with van der Waals surface area (Å²) >= 11 is 8.54. The van der Waals surface area contributed by atoms with Crippen LogP contribution < -0.4 is 0 Å². The molecule has 0 unspecified atom stereocenters. The van der Waals surface area contributed by atoms with Crippen LogP contribution in [0.4, 0.5) is 0 Å². The van der Waals surface area contributed by atoms with E-state index in [4.69, 9.17) is 11.6 Å². The second-order valence-electron chi connectivity index (χ2n) is 3.99. The fourth-order valence-corrected chi connectivity index (χ4v) is 2.65. The molecule has 18 heavy (non-hydrogen) atoms. The van der Waals surface area contributed by atoms with Crippen molar-refractivity contribution in [2.45, 2.75) is 0 Å². The Morgan fingerprint density at radius 1 is 0.944 bits per heavy atom. The number of pyridine rings is 1. The molecule has 0 N–H and O–H groups in total. The molecule has 1 nitrogen and oxygen atoms in total. The Morgan fingerprint density at radius 2 is 1.72 bits per heavy atom. The summed E-state index contributed by atoms with van der Waals surface area (Å²) in [7, 11) is 0. The van der Waals surface area contributed by atoms with Gasteiger partial charge in [0, 0.05) is 17.1 Å². The summed E-state index contributed by atoms with van der Waals surface area (Å²) in [6.07, 6.45) is 1.82. The predicted molar refractivity (Wildman–Crippen MR) is 84.9 cm³/mol. The maximum absolute atomic E-state index is 6.34. The van der Waals surface area contributed by atoms with E-state index in [1.54, 1.807) is 0 Å². The minimum absolute atomic E-state index is 0.776. The smallest absolute Gasteiger partial charge is 0.0796 e. The van der Waals surface area contributed by atoms with Crippen molar-refractivity contribution in [1.29, 1.82) is 0 Å². The minimum Gasteiger partial charge on any atom is -0.254 e. The molecule has 0 aliphatic heterocycles. The van der Waals surface area contributed by atoms with Crippen molar-refractivity contribution in [3.63, 3.8) is 0 Å². The molecule has 3 aromatic rings. The first-order chi connectivity index (χ1) is 8.77. The third kappa shape index (κ3) is 1.99. The van der Waals surface area contributed by atoms with Crippen LogP contribution >= 0.6 is 34.2 Å². The van der Waals surface area contributed by atoms with Gasteiger partial charge in [-0.3, -0.25) is 4.98 Å². The van der Waals surface area contributed by atoms with Crippen LogP contribution in [-0.2, 0) is 0 Å². The summed E-state index contributed by atoms with van der Waals surface area (Å²) in [6.45, 7) is 0. The number of nitrogens with zero attached hydrogens (tertiary/aromatic N) is 1. The van der Waals surface area contributed by atoms with Gasteiger partial charge in [-0.1, -0.05) is 60.1 Å². The lowest BCUT2D eigenvalue weighted by molar-refractivity contribution is 1.39. The van der Waals surface area contributed by atoms with E-state index in [0.29, 0.717) is 0 Å². The van der Waals surface area contributed by atoms with Gasteiger partial charge >= 0.3 is 0 Å². The standard InChI is InChI=1S/C15H9ClIN/c16-14-12-8-4-7-11(10-5-2-1-3-6-10)15(12)18-9-13(14)17/h1-9H. The van der Waals surface area contributed by atoms with E-state index < -0.39 is 0 Å². The summed E-state index contributed by atoms with van der Waals surface area (Å²) in [5, 5.41) is 1.78. The highest BCUT2D eigenvalue weighted by atomic mass is 127. The number of halogens is 2. The predicted octanol–water partition coefficient (Wildman–Crippen LogP) is 5.16. The fraction of sp³-hybridized carbons (Fsp3) is 0. The van der Waals surface area contributed by atoms with Crippen LogP contribution in [0.1, 0.15) is 0 Å². The van der Waals surface area contributed by atoms with Gasteiger partial charge in [0.25, 0.3) is 0 Å². The molecular formula is C15H9ClIN. The van der Waals surface area contributed by atoms with Crippen LogP contribution in [0.2, 0.25) is 5.02 Å². The highest BCUT2D eigenvalue weighted by molar-refractivity contribution is 14.1. The topological polar surface area (TPSA) is 12.9 Å². The normalized spacial score (nSPS) is 10.8. The molecule has 0 saturated carbocycles. The highest BCUT2D eigenvalue weighted by Gasteiger charge is 2.09. The van der Waals surface area contributed by atoms with Gasteiger partial charge < -0.3 is 0 Å². The molecule has 0 aliphatic rings. The van der Waals surface area contributed by atoms with Crippen molar-refractivity contribution < 1.29 is 0 Å². The van der Waals surface area contributed by atoms with E-state index in [1.165, 1.54) is 0 Å². The first kappa shape index (κ1) is 11.9. The highest BCUT2D eigenvalue weighted by Crippen LogP contribution is 2.32. The lowest BCUT2D eigenvalue weighted by Crippen LogP contribution is -1.87. The van der Waals surface area contributed by atoms with Gasteiger partial charge in [-0.2, -0.15) is 0 Å². The van der Waals surface area contributed by atoms with Gasteiger partial charge in [-0.05, 0) is 28.2 Å². The van der Waals surface area contributed by atoms with Crippen LogP contribution in [0.3, 0.4) is 0 Å². The number of rotatable bonds is 1. The van der Waals surface area contributed by atoms with Crippen molar-refractivity contribution in [1.82, 2.24) is 4.98 Å².